The van der Waals surface area contributed by atoms with E-state index in [-0.39, 0.29) is 5.41 Å². The number of nitrogens with two attached hydrogens (primary N) is 1. The number of hydrogen-bond donors (Lipinski definition) is 2. The Kier molecular flexibility index (Phi) is 3.41. The Labute approximate surface area is 85.0 Å². The van der Waals surface area contributed by atoms with Gasteiger partial charge in [0.2, 0.25) is 0 Å². The number of aromatic nitrogens is 2. The van der Waals surface area contributed by atoms with E-state index in [1.165, 1.54) is 0 Å². The summed E-state index contributed by atoms with van der Waals surface area (Å²) >= 11 is 0. The Morgan fingerprint density at radius 1 is 1.29 bits per heavy atom. The van der Waals surface area contributed by atoms with Gasteiger partial charge in [-0.3, -0.25) is 0 Å². The molecule has 4 heteroatoms. The van der Waals surface area contributed by atoms with E-state index < -0.39 is 0 Å². The van der Waals surface area contributed by atoms with Crippen molar-refractivity contribution in [2.75, 3.05) is 18.4 Å². The van der Waals surface area contributed by atoms with Gasteiger partial charge in [-0.05, 0) is 0 Å². The fourth-order valence-corrected chi connectivity index (χ4v) is 1.02. The van der Waals surface area contributed by atoms with E-state index in [0.717, 1.165) is 18.1 Å². The second kappa shape index (κ2) is 4.37. The molecule has 3 N–H and O–H groups in total. The maximum Gasteiger partial charge on any atom is 0.133 e. The number of nitrogens with one attached hydrogen (secondary N) is 1. The summed E-state index contributed by atoms with van der Waals surface area (Å²) in [5, 5.41) is 3.12. The zero-order valence-electron chi connectivity index (χ0n) is 9.04. The molecule has 78 valence electrons. The van der Waals surface area contributed by atoms with Crippen LogP contribution in [0.5, 0.6) is 0 Å². The molecule has 14 heavy (non-hydrogen) atoms. The molecule has 0 saturated heterocycles. The third-order valence-corrected chi connectivity index (χ3v) is 1.80. The van der Waals surface area contributed by atoms with Crippen LogP contribution in [0.25, 0.3) is 0 Å². The van der Waals surface area contributed by atoms with Crippen molar-refractivity contribution in [2.24, 2.45) is 5.73 Å². The molecule has 1 aromatic heterocycles. The molecule has 0 radical (unpaired) electrons. The summed E-state index contributed by atoms with van der Waals surface area (Å²) in [4.78, 5) is 8.58. The first kappa shape index (κ1) is 10.9. The van der Waals surface area contributed by atoms with Crippen molar-refractivity contribution >= 4 is 5.69 Å². The zero-order chi connectivity index (χ0) is 10.6. The van der Waals surface area contributed by atoms with E-state index >= 15 is 0 Å². The van der Waals surface area contributed by atoms with Gasteiger partial charge in [-0.15, -0.1) is 0 Å². The predicted molar refractivity (Wildman–Crippen MR) is 58.3 cm³/mol. The maximum atomic E-state index is 5.37. The molecule has 1 heterocycles. The van der Waals surface area contributed by atoms with Crippen molar-refractivity contribution in [3.8, 4) is 0 Å². The molecule has 4 nitrogen and oxygen atoms in total. The molecule has 0 aliphatic heterocycles. The molecular formula is C10H18N4. The van der Waals surface area contributed by atoms with Crippen molar-refractivity contribution < 1.29 is 0 Å². The highest BCUT2D eigenvalue weighted by Crippen LogP contribution is 2.17. The summed E-state index contributed by atoms with van der Waals surface area (Å²) in [5.41, 5.74) is 6.30. The molecule has 0 saturated carbocycles. The van der Waals surface area contributed by atoms with Gasteiger partial charge in [-0.2, -0.15) is 0 Å². The number of hydrogen-bond acceptors (Lipinski definition) is 4. The van der Waals surface area contributed by atoms with Gasteiger partial charge >= 0.3 is 0 Å². The van der Waals surface area contributed by atoms with Crippen LogP contribution < -0.4 is 11.1 Å². The zero-order valence-corrected chi connectivity index (χ0v) is 9.04. The second-order valence-electron chi connectivity index (χ2n) is 4.26. The van der Waals surface area contributed by atoms with Crippen LogP contribution >= 0.6 is 0 Å². The highest BCUT2D eigenvalue weighted by molar-refractivity contribution is 5.37. The molecule has 0 amide bonds. The first-order valence-electron chi connectivity index (χ1n) is 4.80. The highest BCUT2D eigenvalue weighted by atomic mass is 15.0. The van der Waals surface area contributed by atoms with Crippen LogP contribution in [0.4, 0.5) is 5.69 Å². The van der Waals surface area contributed by atoms with Gasteiger partial charge in [0.15, 0.2) is 0 Å². The van der Waals surface area contributed by atoms with E-state index in [1.807, 2.05) is 0 Å². The van der Waals surface area contributed by atoms with Gasteiger partial charge in [0.1, 0.15) is 5.82 Å². The monoisotopic (exact) mass is 194 g/mol. The van der Waals surface area contributed by atoms with Gasteiger partial charge in [0.05, 0.1) is 18.1 Å². The Hall–Kier alpha value is -1.16. The fourth-order valence-electron chi connectivity index (χ4n) is 1.02. The number of anilines is 1. The largest absolute Gasteiger partial charge is 0.381 e. The summed E-state index contributed by atoms with van der Waals surface area (Å²) < 4.78 is 0. The first-order valence-corrected chi connectivity index (χ1v) is 4.80. The molecule has 0 aliphatic rings. The SMILES string of the molecule is CC(C)(C)c1ncc(NCCN)cn1. The Bertz CT molecular complexity index is 273. The standard InChI is InChI=1S/C10H18N4/c1-10(2,3)9-13-6-8(7-14-9)12-5-4-11/h6-7,12H,4-5,11H2,1-3H3. The lowest BCUT2D eigenvalue weighted by Gasteiger charge is -2.16. The minimum absolute atomic E-state index is 0.00635. The highest BCUT2D eigenvalue weighted by Gasteiger charge is 2.16. The normalized spacial score (nSPS) is 11.4. The smallest absolute Gasteiger partial charge is 0.133 e. The van der Waals surface area contributed by atoms with Crippen molar-refractivity contribution in [1.29, 1.82) is 0 Å². The molecule has 0 atom stereocenters. The Morgan fingerprint density at radius 3 is 2.29 bits per heavy atom. The van der Waals surface area contributed by atoms with E-state index in [2.05, 4.69) is 36.1 Å². The summed E-state index contributed by atoms with van der Waals surface area (Å²) in [6.07, 6.45) is 3.59. The summed E-state index contributed by atoms with van der Waals surface area (Å²) in [6.45, 7) is 7.64. The van der Waals surface area contributed by atoms with E-state index in [0.29, 0.717) is 6.54 Å². The van der Waals surface area contributed by atoms with Gasteiger partial charge < -0.3 is 11.1 Å². The lowest BCUT2D eigenvalue weighted by molar-refractivity contribution is 0.545. The third kappa shape index (κ3) is 2.96. The first-order chi connectivity index (χ1) is 6.54. The average Bonchev–Trinajstić information content (AvgIpc) is 2.14. The molecule has 0 spiro atoms. The fraction of sp³-hybridized carbons (Fsp3) is 0.600. The molecule has 1 aromatic rings. The quantitative estimate of drug-likeness (QED) is 0.757. The van der Waals surface area contributed by atoms with Crippen LogP contribution in [0.3, 0.4) is 0 Å². The van der Waals surface area contributed by atoms with Crippen LogP contribution in [0.1, 0.15) is 26.6 Å². The number of rotatable bonds is 3. The van der Waals surface area contributed by atoms with Crippen molar-refractivity contribution in [3.63, 3.8) is 0 Å². The van der Waals surface area contributed by atoms with Crippen molar-refractivity contribution in [3.05, 3.63) is 18.2 Å². The van der Waals surface area contributed by atoms with Crippen molar-refractivity contribution in [2.45, 2.75) is 26.2 Å². The Morgan fingerprint density at radius 2 is 1.86 bits per heavy atom. The summed E-state index contributed by atoms with van der Waals surface area (Å²) in [5.74, 6) is 0.857. The minimum Gasteiger partial charge on any atom is -0.381 e. The van der Waals surface area contributed by atoms with E-state index in [9.17, 15) is 0 Å². The van der Waals surface area contributed by atoms with Crippen LogP contribution in [-0.2, 0) is 5.41 Å². The van der Waals surface area contributed by atoms with Crippen LogP contribution in [0.2, 0.25) is 0 Å². The molecule has 0 fully saturated rings. The second-order valence-corrected chi connectivity index (χ2v) is 4.26. The molecule has 0 aliphatic carbocycles. The lowest BCUT2D eigenvalue weighted by Crippen LogP contribution is -2.17. The van der Waals surface area contributed by atoms with Crippen LogP contribution in [-0.4, -0.2) is 23.1 Å². The summed E-state index contributed by atoms with van der Waals surface area (Å²) in [7, 11) is 0. The lowest BCUT2D eigenvalue weighted by atomic mass is 9.96. The van der Waals surface area contributed by atoms with Gasteiger partial charge in [-0.1, -0.05) is 20.8 Å². The molecule has 0 aromatic carbocycles. The van der Waals surface area contributed by atoms with Gasteiger partial charge in [0.25, 0.3) is 0 Å². The molecule has 0 unspecified atom stereocenters. The summed E-state index contributed by atoms with van der Waals surface area (Å²) in [6, 6.07) is 0. The number of nitrogens with zero attached hydrogens (tertiary/aromatic N) is 2. The predicted octanol–water partition coefficient (Wildman–Crippen LogP) is 1.14. The van der Waals surface area contributed by atoms with E-state index in [4.69, 9.17) is 5.73 Å². The van der Waals surface area contributed by atoms with Gasteiger partial charge in [-0.25, -0.2) is 9.97 Å². The Balaban J connectivity index is 2.69. The van der Waals surface area contributed by atoms with Crippen molar-refractivity contribution in [1.82, 2.24) is 9.97 Å². The molecule has 1 rings (SSSR count). The third-order valence-electron chi connectivity index (χ3n) is 1.80. The van der Waals surface area contributed by atoms with E-state index in [1.54, 1.807) is 12.4 Å². The van der Waals surface area contributed by atoms with Gasteiger partial charge in [0, 0.05) is 18.5 Å². The average molecular weight is 194 g/mol. The minimum atomic E-state index is 0.00635. The van der Waals surface area contributed by atoms with Crippen LogP contribution in [0.15, 0.2) is 12.4 Å². The molecular weight excluding hydrogens is 176 g/mol. The maximum absolute atomic E-state index is 5.37. The molecule has 0 bridgehead atoms. The topological polar surface area (TPSA) is 63.8 Å². The van der Waals surface area contributed by atoms with Crippen LogP contribution in [0, 0.1) is 0 Å².